The second kappa shape index (κ2) is 8.01. The predicted octanol–water partition coefficient (Wildman–Crippen LogP) is 3.11. The molecule has 2 N–H and O–H groups in total. The molecule has 0 aliphatic carbocycles. The number of benzene rings is 1. The van der Waals surface area contributed by atoms with Gasteiger partial charge in [-0.3, -0.25) is 0 Å². The second-order valence-electron chi connectivity index (χ2n) is 3.96. The van der Waals surface area contributed by atoms with Crippen molar-refractivity contribution in [2.75, 3.05) is 19.8 Å². The first kappa shape index (κ1) is 14.9. The Kier molecular flexibility index (Phi) is 6.61. The molecular weight excluding hydrogens is 250 g/mol. The number of hydrogen-bond donors (Lipinski definition) is 1. The third-order valence-corrected chi connectivity index (χ3v) is 2.42. The number of ether oxygens (including phenoxy) is 2. The van der Waals surface area contributed by atoms with Crippen molar-refractivity contribution < 1.29 is 9.47 Å². The molecule has 1 rings (SSSR count). The Labute approximate surface area is 114 Å². The fraction of sp³-hybridized carbons (Fsp3) is 0.429. The minimum atomic E-state index is 0.288. The highest BCUT2D eigenvalue weighted by Gasteiger charge is 2.06. The smallest absolute Gasteiger partial charge is 0.126 e. The van der Waals surface area contributed by atoms with Crippen molar-refractivity contribution >= 4 is 11.6 Å². The molecule has 0 saturated carbocycles. The molecule has 0 bridgehead atoms. The monoisotopic (exact) mass is 269 g/mol. The molecule has 0 heterocycles. The van der Waals surface area contributed by atoms with Gasteiger partial charge < -0.3 is 15.2 Å². The van der Waals surface area contributed by atoms with Gasteiger partial charge in [0.25, 0.3) is 0 Å². The van der Waals surface area contributed by atoms with Crippen molar-refractivity contribution in [3.05, 3.63) is 35.4 Å². The molecule has 18 heavy (non-hydrogen) atoms. The van der Waals surface area contributed by atoms with E-state index in [0.717, 1.165) is 29.9 Å². The maximum absolute atomic E-state index is 5.71. The Balaban J connectivity index is 2.81. The van der Waals surface area contributed by atoms with Crippen molar-refractivity contribution in [2.24, 2.45) is 5.73 Å². The highest BCUT2D eigenvalue weighted by Crippen LogP contribution is 2.26. The molecule has 0 radical (unpaired) electrons. The molecule has 1 aromatic carbocycles. The van der Waals surface area contributed by atoms with E-state index in [1.807, 2.05) is 18.2 Å². The lowest BCUT2D eigenvalue weighted by atomic mass is 10.1. The van der Waals surface area contributed by atoms with Gasteiger partial charge in [0, 0.05) is 11.1 Å². The first-order valence-corrected chi connectivity index (χ1v) is 6.47. The summed E-state index contributed by atoms with van der Waals surface area (Å²) in [5, 5.41) is 0.466. The van der Waals surface area contributed by atoms with Crippen LogP contribution in [-0.4, -0.2) is 19.8 Å². The fourth-order valence-electron chi connectivity index (χ4n) is 1.50. The zero-order valence-corrected chi connectivity index (χ0v) is 11.5. The molecule has 100 valence electrons. The summed E-state index contributed by atoms with van der Waals surface area (Å²) < 4.78 is 11.2. The van der Waals surface area contributed by atoms with Gasteiger partial charge in [-0.15, -0.1) is 0 Å². The molecule has 0 aliphatic rings. The summed E-state index contributed by atoms with van der Waals surface area (Å²) in [6.45, 7) is 7.23. The van der Waals surface area contributed by atoms with Crippen LogP contribution in [-0.2, 0) is 6.42 Å². The summed E-state index contributed by atoms with van der Waals surface area (Å²) in [6, 6.07) is 5.79. The van der Waals surface area contributed by atoms with Gasteiger partial charge in [-0.25, -0.2) is 0 Å². The lowest BCUT2D eigenvalue weighted by molar-refractivity contribution is 0.311. The van der Waals surface area contributed by atoms with E-state index in [1.165, 1.54) is 0 Å². The summed E-state index contributed by atoms with van der Waals surface area (Å²) in [5.41, 5.74) is 6.63. The van der Waals surface area contributed by atoms with Gasteiger partial charge in [0.15, 0.2) is 0 Å². The maximum atomic E-state index is 5.71. The van der Waals surface area contributed by atoms with E-state index in [-0.39, 0.29) is 6.61 Å². The van der Waals surface area contributed by atoms with E-state index in [2.05, 4.69) is 13.5 Å². The molecule has 0 saturated heterocycles. The van der Waals surface area contributed by atoms with Gasteiger partial charge in [0.1, 0.15) is 18.1 Å². The summed E-state index contributed by atoms with van der Waals surface area (Å²) in [6.07, 6.45) is 1.73. The van der Waals surface area contributed by atoms with Crippen LogP contribution in [0.25, 0.3) is 0 Å². The molecule has 0 fully saturated rings. The third kappa shape index (κ3) is 4.98. The topological polar surface area (TPSA) is 44.5 Å². The van der Waals surface area contributed by atoms with Crippen molar-refractivity contribution in [3.63, 3.8) is 0 Å². The highest BCUT2D eigenvalue weighted by atomic mass is 35.5. The van der Waals surface area contributed by atoms with Gasteiger partial charge in [-0.1, -0.05) is 31.2 Å². The Bertz CT molecular complexity index is 393. The van der Waals surface area contributed by atoms with Crippen LogP contribution in [0, 0.1) is 0 Å². The summed E-state index contributed by atoms with van der Waals surface area (Å²) in [7, 11) is 0. The van der Waals surface area contributed by atoms with Gasteiger partial charge in [0.05, 0.1) is 6.61 Å². The maximum Gasteiger partial charge on any atom is 0.126 e. The number of nitrogens with two attached hydrogens (primary N) is 1. The highest BCUT2D eigenvalue weighted by molar-refractivity contribution is 6.29. The lowest BCUT2D eigenvalue weighted by Crippen LogP contribution is -2.06. The van der Waals surface area contributed by atoms with Crippen LogP contribution in [0.5, 0.6) is 11.5 Å². The molecule has 0 aromatic heterocycles. The zero-order chi connectivity index (χ0) is 13.4. The van der Waals surface area contributed by atoms with Crippen molar-refractivity contribution in [1.82, 2.24) is 0 Å². The van der Waals surface area contributed by atoms with Crippen molar-refractivity contribution in [2.45, 2.75) is 19.8 Å². The number of hydrogen-bond acceptors (Lipinski definition) is 3. The van der Waals surface area contributed by atoms with Gasteiger partial charge in [-0.2, -0.15) is 0 Å². The van der Waals surface area contributed by atoms with Crippen LogP contribution < -0.4 is 15.2 Å². The molecule has 0 amide bonds. The zero-order valence-electron chi connectivity index (χ0n) is 10.7. The minimum Gasteiger partial charge on any atom is -0.493 e. The van der Waals surface area contributed by atoms with Gasteiger partial charge >= 0.3 is 0 Å². The van der Waals surface area contributed by atoms with Crippen LogP contribution >= 0.6 is 11.6 Å². The average Bonchev–Trinajstić information content (AvgIpc) is 2.36. The van der Waals surface area contributed by atoms with E-state index in [1.54, 1.807) is 0 Å². The average molecular weight is 270 g/mol. The molecule has 3 nitrogen and oxygen atoms in total. The summed E-state index contributed by atoms with van der Waals surface area (Å²) >= 11 is 5.71. The van der Waals surface area contributed by atoms with Gasteiger partial charge in [-0.05, 0) is 31.0 Å². The van der Waals surface area contributed by atoms with Crippen LogP contribution in [0.4, 0.5) is 0 Å². The lowest BCUT2D eigenvalue weighted by Gasteiger charge is -2.13. The van der Waals surface area contributed by atoms with Crippen molar-refractivity contribution in [3.8, 4) is 11.5 Å². The molecular formula is C14H20ClNO2. The third-order valence-electron chi connectivity index (χ3n) is 2.31. The molecule has 4 heteroatoms. The standard InChI is InChI=1S/C14H20ClNO2/c1-3-8-17-13-5-4-12(6-7-16)14(9-13)18-10-11(2)15/h4-5,9H,2-3,6-8,10,16H2,1H3. The normalized spacial score (nSPS) is 10.2. The molecule has 0 atom stereocenters. The SMILES string of the molecule is C=C(Cl)COc1cc(OCCC)ccc1CCN. The van der Waals surface area contributed by atoms with Crippen LogP contribution in [0.2, 0.25) is 0 Å². The first-order chi connectivity index (χ1) is 8.67. The fourth-order valence-corrected chi connectivity index (χ4v) is 1.55. The van der Waals surface area contributed by atoms with Crippen LogP contribution in [0.1, 0.15) is 18.9 Å². The summed E-state index contributed by atoms with van der Waals surface area (Å²) in [5.74, 6) is 1.56. The summed E-state index contributed by atoms with van der Waals surface area (Å²) in [4.78, 5) is 0. The minimum absolute atomic E-state index is 0.288. The predicted molar refractivity (Wildman–Crippen MR) is 75.5 cm³/mol. The van der Waals surface area contributed by atoms with E-state index in [4.69, 9.17) is 26.8 Å². The molecule has 0 unspecified atom stereocenters. The van der Waals surface area contributed by atoms with E-state index in [0.29, 0.717) is 18.2 Å². The van der Waals surface area contributed by atoms with Crippen molar-refractivity contribution in [1.29, 1.82) is 0 Å². The molecule has 0 spiro atoms. The van der Waals surface area contributed by atoms with Crippen LogP contribution in [0.3, 0.4) is 0 Å². The second-order valence-corrected chi connectivity index (χ2v) is 4.50. The molecule has 1 aromatic rings. The Morgan fingerprint density at radius 2 is 2.17 bits per heavy atom. The molecule has 0 aliphatic heterocycles. The number of rotatable bonds is 8. The van der Waals surface area contributed by atoms with Crippen LogP contribution in [0.15, 0.2) is 29.8 Å². The van der Waals surface area contributed by atoms with E-state index >= 15 is 0 Å². The largest absolute Gasteiger partial charge is 0.493 e. The van der Waals surface area contributed by atoms with Gasteiger partial charge in [0.2, 0.25) is 0 Å². The van der Waals surface area contributed by atoms with E-state index < -0.39 is 0 Å². The Morgan fingerprint density at radius 3 is 2.78 bits per heavy atom. The number of halogens is 1. The quantitative estimate of drug-likeness (QED) is 0.789. The first-order valence-electron chi connectivity index (χ1n) is 6.09. The van der Waals surface area contributed by atoms with E-state index in [9.17, 15) is 0 Å². The Hall–Kier alpha value is -1.19. The Morgan fingerprint density at radius 1 is 1.39 bits per heavy atom.